The number of benzene rings is 2. The Kier molecular flexibility index (Phi) is 12.0. The maximum atomic E-state index is 11.9. The van der Waals surface area contributed by atoms with Crippen LogP contribution in [0, 0.1) is 0 Å². The van der Waals surface area contributed by atoms with Gasteiger partial charge in [-0.15, -0.1) is 0 Å². The highest BCUT2D eigenvalue weighted by atomic mass is 35.5. The van der Waals surface area contributed by atoms with Crippen molar-refractivity contribution in [3.05, 3.63) is 93.8 Å². The molecule has 0 saturated carbocycles. The van der Waals surface area contributed by atoms with Crippen LogP contribution in [0.1, 0.15) is 76.1 Å². The molecule has 1 unspecified atom stereocenters. The van der Waals surface area contributed by atoms with Gasteiger partial charge in [-0.3, -0.25) is 4.99 Å². The fourth-order valence-corrected chi connectivity index (χ4v) is 4.22. The Hall–Kier alpha value is -2.50. The van der Waals surface area contributed by atoms with Crippen LogP contribution in [-0.2, 0) is 6.42 Å². The van der Waals surface area contributed by atoms with Crippen LogP contribution in [0.25, 0.3) is 10.9 Å². The number of halogens is 5. The van der Waals surface area contributed by atoms with Crippen LogP contribution in [0.15, 0.2) is 71.9 Å². The Morgan fingerprint density at radius 1 is 1.05 bits per heavy atom. The minimum atomic E-state index is -4.36. The maximum absolute atomic E-state index is 11.9. The van der Waals surface area contributed by atoms with Gasteiger partial charge in [0.05, 0.1) is 0 Å². The molecule has 0 spiro atoms. The van der Waals surface area contributed by atoms with E-state index < -0.39 is 11.7 Å². The van der Waals surface area contributed by atoms with Gasteiger partial charge in [-0.1, -0.05) is 75.5 Å². The minimum absolute atomic E-state index is 0.297. The lowest BCUT2D eigenvalue weighted by atomic mass is 9.92. The van der Waals surface area contributed by atoms with Crippen LogP contribution in [0.4, 0.5) is 13.2 Å². The van der Waals surface area contributed by atoms with E-state index in [1.807, 2.05) is 25.1 Å². The summed E-state index contributed by atoms with van der Waals surface area (Å²) in [6.45, 7) is 11.1. The number of nitrogens with zero attached hydrogens (tertiary/aromatic N) is 1. The number of alkyl halides is 3. The van der Waals surface area contributed by atoms with E-state index in [0.29, 0.717) is 5.92 Å². The Labute approximate surface area is 228 Å². The first-order chi connectivity index (χ1) is 17.5. The van der Waals surface area contributed by atoms with Crippen molar-refractivity contribution in [2.45, 2.75) is 71.9 Å². The molecule has 37 heavy (non-hydrogen) atoms. The van der Waals surface area contributed by atoms with E-state index in [9.17, 15) is 13.2 Å². The molecule has 0 saturated heterocycles. The molecule has 200 valence electrons. The molecule has 2 aromatic carbocycles. The molecule has 0 aliphatic heterocycles. The number of unbranched alkanes of at least 4 members (excludes halogenated alkanes) is 1. The SMILES string of the molecule is C=C(/C=C\N=C(C)CCC)C(F)(F)F.CCCCc1c(C(C)c2ccc(Cl)cc2)[nH]c2ccc(Cl)cc12. The highest BCUT2D eigenvalue weighted by Crippen LogP contribution is 2.34. The lowest BCUT2D eigenvalue weighted by Crippen LogP contribution is -2.08. The zero-order chi connectivity index (χ0) is 27.6. The van der Waals surface area contributed by atoms with Crippen LogP contribution < -0.4 is 0 Å². The third kappa shape index (κ3) is 9.39. The van der Waals surface area contributed by atoms with Crippen LogP contribution in [0.5, 0.6) is 0 Å². The Bertz CT molecular complexity index is 1220. The van der Waals surface area contributed by atoms with Crippen LogP contribution >= 0.6 is 23.2 Å². The minimum Gasteiger partial charge on any atom is -0.358 e. The number of aromatic nitrogens is 1. The molecule has 0 radical (unpaired) electrons. The van der Waals surface area contributed by atoms with E-state index >= 15 is 0 Å². The molecule has 1 atom stereocenters. The summed E-state index contributed by atoms with van der Waals surface area (Å²) in [5, 5.41) is 2.82. The second kappa shape index (κ2) is 14.4. The summed E-state index contributed by atoms with van der Waals surface area (Å²) in [6.07, 6.45) is 2.82. The van der Waals surface area contributed by atoms with E-state index in [0.717, 1.165) is 52.8 Å². The number of hydrogen-bond donors (Lipinski definition) is 1. The largest absolute Gasteiger partial charge is 0.415 e. The van der Waals surface area contributed by atoms with Gasteiger partial charge in [-0.05, 0) is 73.7 Å². The maximum Gasteiger partial charge on any atom is 0.415 e. The average Bonchev–Trinajstić information content (AvgIpc) is 3.20. The first-order valence-corrected chi connectivity index (χ1v) is 13.2. The number of hydrogen-bond acceptors (Lipinski definition) is 1. The number of allylic oxidation sites excluding steroid dienone is 2. The number of aliphatic imine (C=N–C) groups is 1. The van der Waals surface area contributed by atoms with Crippen LogP contribution in [0.2, 0.25) is 10.0 Å². The van der Waals surface area contributed by atoms with Crippen molar-refractivity contribution >= 4 is 39.8 Å². The van der Waals surface area contributed by atoms with Crippen LogP contribution in [0.3, 0.4) is 0 Å². The number of H-pyrrole nitrogens is 1. The molecule has 7 heteroatoms. The summed E-state index contributed by atoms with van der Waals surface area (Å²) in [5.41, 5.74) is 5.05. The molecular formula is C30H35Cl2F3N2. The van der Waals surface area contributed by atoms with Crippen molar-refractivity contribution in [2.75, 3.05) is 0 Å². The van der Waals surface area contributed by atoms with Gasteiger partial charge < -0.3 is 4.98 Å². The Morgan fingerprint density at radius 2 is 1.70 bits per heavy atom. The number of rotatable bonds is 9. The number of nitrogens with one attached hydrogen (secondary N) is 1. The molecule has 0 fully saturated rings. The second-order valence-electron chi connectivity index (χ2n) is 9.04. The molecule has 0 bridgehead atoms. The molecule has 0 aliphatic carbocycles. The topological polar surface area (TPSA) is 28.1 Å². The zero-order valence-corrected chi connectivity index (χ0v) is 23.4. The summed E-state index contributed by atoms with van der Waals surface area (Å²) in [4.78, 5) is 7.46. The number of aromatic amines is 1. The van der Waals surface area contributed by atoms with Crippen molar-refractivity contribution in [2.24, 2.45) is 4.99 Å². The summed E-state index contributed by atoms with van der Waals surface area (Å²) in [6, 6.07) is 14.2. The molecule has 0 amide bonds. The lowest BCUT2D eigenvalue weighted by molar-refractivity contribution is -0.0878. The predicted molar refractivity (Wildman–Crippen MR) is 153 cm³/mol. The molecule has 1 heterocycles. The van der Waals surface area contributed by atoms with Gasteiger partial charge in [0.1, 0.15) is 0 Å². The van der Waals surface area contributed by atoms with E-state index in [1.165, 1.54) is 35.0 Å². The van der Waals surface area contributed by atoms with Crippen molar-refractivity contribution in [3.8, 4) is 0 Å². The van der Waals surface area contributed by atoms with Gasteiger partial charge >= 0.3 is 6.18 Å². The van der Waals surface area contributed by atoms with E-state index in [2.05, 4.69) is 54.7 Å². The fraction of sp³-hybridized carbons (Fsp3) is 0.367. The fourth-order valence-electron chi connectivity index (χ4n) is 3.93. The van der Waals surface area contributed by atoms with Gasteiger partial charge in [-0.2, -0.15) is 13.2 Å². The third-order valence-corrected chi connectivity index (χ3v) is 6.52. The first kappa shape index (κ1) is 30.7. The van der Waals surface area contributed by atoms with Gasteiger partial charge in [-0.25, -0.2) is 0 Å². The number of fused-ring (bicyclic) bond motifs is 1. The van der Waals surface area contributed by atoms with Crippen molar-refractivity contribution in [1.82, 2.24) is 4.98 Å². The van der Waals surface area contributed by atoms with Gasteiger partial charge in [0.15, 0.2) is 0 Å². The van der Waals surface area contributed by atoms with Gasteiger partial charge in [0, 0.05) is 50.0 Å². The molecule has 2 nitrogen and oxygen atoms in total. The predicted octanol–water partition coefficient (Wildman–Crippen LogP) is 10.8. The monoisotopic (exact) mass is 550 g/mol. The summed E-state index contributed by atoms with van der Waals surface area (Å²) in [5.74, 6) is 0.297. The van der Waals surface area contributed by atoms with Crippen molar-refractivity contribution < 1.29 is 13.2 Å². The summed E-state index contributed by atoms with van der Waals surface area (Å²) >= 11 is 12.2. The Morgan fingerprint density at radius 3 is 2.30 bits per heavy atom. The molecular weight excluding hydrogens is 516 g/mol. The molecule has 3 rings (SSSR count). The zero-order valence-electron chi connectivity index (χ0n) is 21.9. The molecule has 1 aromatic heterocycles. The third-order valence-electron chi connectivity index (χ3n) is 6.03. The van der Waals surface area contributed by atoms with Gasteiger partial charge in [0.2, 0.25) is 0 Å². The Balaban J connectivity index is 0.000000298. The molecule has 0 aliphatic rings. The standard InChI is InChI=1S/C20H21Cl2N.C10H14F3N/c1-3-4-5-17-18-12-16(22)10-11-19(18)23-20(17)13(2)14-6-8-15(21)9-7-14;1-4-5-9(3)14-7-6-8(2)10(11,12)13/h6-13,23H,3-5H2,1-2H3;6-7H,2,4-5H2,1,3H3/b;7-6-,14-9?. The highest BCUT2D eigenvalue weighted by Gasteiger charge is 2.29. The lowest BCUT2D eigenvalue weighted by Gasteiger charge is -2.14. The van der Waals surface area contributed by atoms with E-state index in [-0.39, 0.29) is 0 Å². The first-order valence-electron chi connectivity index (χ1n) is 12.5. The van der Waals surface area contributed by atoms with Crippen LogP contribution in [-0.4, -0.2) is 16.9 Å². The number of aryl methyl sites for hydroxylation is 1. The highest BCUT2D eigenvalue weighted by molar-refractivity contribution is 6.31. The smallest absolute Gasteiger partial charge is 0.358 e. The second-order valence-corrected chi connectivity index (χ2v) is 9.91. The summed E-state index contributed by atoms with van der Waals surface area (Å²) < 4.78 is 35.8. The normalized spacial score (nSPS) is 13.1. The molecule has 3 aromatic rings. The molecule has 1 N–H and O–H groups in total. The van der Waals surface area contributed by atoms with E-state index in [4.69, 9.17) is 23.2 Å². The quantitative estimate of drug-likeness (QED) is 0.202. The van der Waals surface area contributed by atoms with Crippen molar-refractivity contribution in [3.63, 3.8) is 0 Å². The average molecular weight is 552 g/mol. The van der Waals surface area contributed by atoms with E-state index in [1.54, 1.807) is 6.92 Å². The van der Waals surface area contributed by atoms with Gasteiger partial charge in [0.25, 0.3) is 0 Å². The summed E-state index contributed by atoms with van der Waals surface area (Å²) in [7, 11) is 0. The van der Waals surface area contributed by atoms with Crippen molar-refractivity contribution in [1.29, 1.82) is 0 Å².